The number of nitrogens with zero attached hydrogens (tertiary/aromatic N) is 4. The molecule has 0 radical (unpaired) electrons. The van der Waals surface area contributed by atoms with Crippen LogP contribution in [0.1, 0.15) is 51.6 Å². The summed E-state index contributed by atoms with van der Waals surface area (Å²) in [5.74, 6) is 0.980. The number of rotatable bonds is 2. The minimum atomic E-state index is -0.300. The number of aryl methyl sites for hydroxylation is 1. The van der Waals surface area contributed by atoms with Crippen LogP contribution in [0, 0.1) is 6.92 Å². The molecule has 1 saturated heterocycles. The van der Waals surface area contributed by atoms with Gasteiger partial charge in [-0.25, -0.2) is 0 Å². The van der Waals surface area contributed by atoms with Crippen molar-refractivity contribution in [1.29, 1.82) is 0 Å². The van der Waals surface area contributed by atoms with Crippen LogP contribution in [-0.2, 0) is 17.6 Å². The van der Waals surface area contributed by atoms with Crippen LogP contribution in [0.15, 0.2) is 41.2 Å². The summed E-state index contributed by atoms with van der Waals surface area (Å²) in [7, 11) is 0. The van der Waals surface area contributed by atoms with Gasteiger partial charge in [0, 0.05) is 37.8 Å². The van der Waals surface area contributed by atoms with Gasteiger partial charge in [-0.15, -0.1) is 22.6 Å². The van der Waals surface area contributed by atoms with Crippen LogP contribution in [0.25, 0.3) is 16.7 Å². The number of fused-ring (bicyclic) bond motifs is 4. The first-order valence-corrected chi connectivity index (χ1v) is 12.0. The number of aromatic amines is 1. The number of H-pyrrole nitrogens is 1. The van der Waals surface area contributed by atoms with E-state index in [9.17, 15) is 9.59 Å². The number of ether oxygens (including phenoxy) is 1. The third-order valence-electron chi connectivity index (χ3n) is 7.25. The van der Waals surface area contributed by atoms with E-state index in [1.54, 1.807) is 0 Å². The van der Waals surface area contributed by atoms with Crippen LogP contribution in [0.3, 0.4) is 0 Å². The fraction of sp³-hybridized carbons (Fsp3) is 0.385. The van der Waals surface area contributed by atoms with Crippen LogP contribution >= 0.6 is 12.4 Å². The Balaban J connectivity index is 0.00000253. The SMILES string of the molecule is Cc1cc2c(cc1C(=O)N1CCc3ccccc3CC1)[nH]c(=O)c1nnc(C3CCOCC3)n12.Cl. The van der Waals surface area contributed by atoms with E-state index in [2.05, 4.69) is 39.4 Å². The highest BCUT2D eigenvalue weighted by atomic mass is 35.5. The molecule has 0 spiro atoms. The largest absolute Gasteiger partial charge is 0.381 e. The number of hydrogen-bond donors (Lipinski definition) is 1. The molecule has 0 saturated carbocycles. The molecule has 0 aliphatic carbocycles. The lowest BCUT2D eigenvalue weighted by molar-refractivity contribution is 0.0762. The second-order valence-corrected chi connectivity index (χ2v) is 9.30. The Morgan fingerprint density at radius 1 is 1.06 bits per heavy atom. The van der Waals surface area contributed by atoms with Crippen molar-refractivity contribution in [2.45, 2.75) is 38.5 Å². The van der Waals surface area contributed by atoms with Gasteiger partial charge in [-0.1, -0.05) is 24.3 Å². The minimum absolute atomic E-state index is 0. The highest BCUT2D eigenvalue weighted by Gasteiger charge is 2.25. The van der Waals surface area contributed by atoms with Gasteiger partial charge in [-0.05, 0) is 61.4 Å². The van der Waals surface area contributed by atoms with Gasteiger partial charge in [0.05, 0.1) is 11.0 Å². The molecule has 4 heterocycles. The number of halogens is 1. The van der Waals surface area contributed by atoms with Crippen molar-refractivity contribution in [3.8, 4) is 0 Å². The zero-order chi connectivity index (χ0) is 23.2. The zero-order valence-corrected chi connectivity index (χ0v) is 20.4. The van der Waals surface area contributed by atoms with E-state index in [-0.39, 0.29) is 35.4 Å². The number of amides is 1. The maximum Gasteiger partial charge on any atom is 0.294 e. The Hall–Kier alpha value is -3.23. The monoisotopic (exact) mass is 493 g/mol. The Morgan fingerprint density at radius 3 is 2.43 bits per heavy atom. The van der Waals surface area contributed by atoms with Crippen LogP contribution < -0.4 is 5.56 Å². The van der Waals surface area contributed by atoms with Crippen molar-refractivity contribution >= 4 is 35.0 Å². The number of nitrogens with one attached hydrogen (secondary N) is 1. The van der Waals surface area contributed by atoms with Crippen LogP contribution in [0.4, 0.5) is 0 Å². The standard InChI is InChI=1S/C26H27N5O3.ClH/c1-16-14-22-21(27-25(32)24-29-28-23(31(22)24)19-8-12-34-13-9-19)15-20(16)26(33)30-10-6-17-4-2-3-5-18(17)7-11-30;/h2-5,14-15,19H,6-13H2,1H3,(H,27,32);1H. The molecular formula is C26H28ClN5O3. The molecule has 2 aromatic heterocycles. The van der Waals surface area contributed by atoms with Gasteiger partial charge in [0.15, 0.2) is 0 Å². The topological polar surface area (TPSA) is 92.6 Å². The lowest BCUT2D eigenvalue weighted by Gasteiger charge is -2.22. The fourth-order valence-electron chi connectivity index (χ4n) is 5.33. The van der Waals surface area contributed by atoms with Gasteiger partial charge in [0.1, 0.15) is 5.82 Å². The normalized spacial score (nSPS) is 16.7. The van der Waals surface area contributed by atoms with Crippen molar-refractivity contribution in [2.24, 2.45) is 0 Å². The molecule has 1 N–H and O–H groups in total. The van der Waals surface area contributed by atoms with Gasteiger partial charge < -0.3 is 14.6 Å². The summed E-state index contributed by atoms with van der Waals surface area (Å²) in [6.07, 6.45) is 3.40. The molecule has 9 heteroatoms. The van der Waals surface area contributed by atoms with Crippen molar-refractivity contribution in [3.63, 3.8) is 0 Å². The molecule has 0 atom stereocenters. The Bertz CT molecular complexity index is 1440. The van der Waals surface area contributed by atoms with Crippen molar-refractivity contribution in [1.82, 2.24) is 24.5 Å². The van der Waals surface area contributed by atoms with E-state index in [1.807, 2.05) is 28.4 Å². The first-order valence-electron chi connectivity index (χ1n) is 12.0. The first-order chi connectivity index (χ1) is 16.6. The average molecular weight is 494 g/mol. The molecule has 2 aromatic carbocycles. The summed E-state index contributed by atoms with van der Waals surface area (Å²) < 4.78 is 7.37. The van der Waals surface area contributed by atoms with Gasteiger partial charge >= 0.3 is 0 Å². The van der Waals surface area contributed by atoms with Crippen molar-refractivity contribution in [2.75, 3.05) is 26.3 Å². The molecule has 2 aliphatic rings. The maximum absolute atomic E-state index is 13.6. The zero-order valence-electron chi connectivity index (χ0n) is 19.6. The number of hydrogen-bond acceptors (Lipinski definition) is 5. The van der Waals surface area contributed by atoms with E-state index >= 15 is 0 Å². The first kappa shape index (κ1) is 23.5. The van der Waals surface area contributed by atoms with Crippen LogP contribution in [-0.4, -0.2) is 56.7 Å². The third kappa shape index (κ3) is 4.10. The summed E-state index contributed by atoms with van der Waals surface area (Å²) >= 11 is 0. The van der Waals surface area contributed by atoms with E-state index < -0.39 is 0 Å². The number of benzene rings is 2. The molecule has 6 rings (SSSR count). The highest BCUT2D eigenvalue weighted by Crippen LogP contribution is 2.28. The summed E-state index contributed by atoms with van der Waals surface area (Å²) in [5.41, 5.74) is 5.55. The Labute approximate surface area is 208 Å². The summed E-state index contributed by atoms with van der Waals surface area (Å²) in [4.78, 5) is 31.3. The predicted octanol–water partition coefficient (Wildman–Crippen LogP) is 3.44. The van der Waals surface area contributed by atoms with E-state index in [1.165, 1.54) is 11.1 Å². The predicted molar refractivity (Wildman–Crippen MR) is 136 cm³/mol. The van der Waals surface area contributed by atoms with Crippen molar-refractivity contribution < 1.29 is 9.53 Å². The minimum Gasteiger partial charge on any atom is -0.381 e. The second kappa shape index (κ2) is 9.43. The van der Waals surface area contributed by atoms with E-state index in [4.69, 9.17) is 4.74 Å². The Kier molecular flexibility index (Phi) is 6.34. The van der Waals surface area contributed by atoms with Gasteiger partial charge in [-0.2, -0.15) is 0 Å². The molecule has 2 aliphatic heterocycles. The molecule has 1 fully saturated rings. The highest BCUT2D eigenvalue weighted by molar-refractivity contribution is 5.99. The third-order valence-corrected chi connectivity index (χ3v) is 7.25. The van der Waals surface area contributed by atoms with Crippen LogP contribution in [0.2, 0.25) is 0 Å². The summed E-state index contributed by atoms with van der Waals surface area (Å²) in [5, 5.41) is 8.57. The Morgan fingerprint density at radius 2 is 1.74 bits per heavy atom. The van der Waals surface area contributed by atoms with Gasteiger partial charge in [0.2, 0.25) is 5.65 Å². The van der Waals surface area contributed by atoms with Gasteiger partial charge in [-0.3, -0.25) is 14.0 Å². The van der Waals surface area contributed by atoms with E-state index in [0.717, 1.165) is 42.6 Å². The van der Waals surface area contributed by atoms with Crippen LogP contribution in [0.5, 0.6) is 0 Å². The molecule has 4 aromatic rings. The molecular weight excluding hydrogens is 466 g/mol. The lowest BCUT2D eigenvalue weighted by atomic mass is 9.99. The average Bonchev–Trinajstić information content (AvgIpc) is 3.20. The molecule has 0 bridgehead atoms. The fourth-order valence-corrected chi connectivity index (χ4v) is 5.33. The molecule has 182 valence electrons. The molecule has 0 unspecified atom stereocenters. The maximum atomic E-state index is 13.6. The molecule has 35 heavy (non-hydrogen) atoms. The molecule has 1 amide bonds. The number of aromatic nitrogens is 4. The van der Waals surface area contributed by atoms with E-state index in [0.29, 0.717) is 37.4 Å². The quantitative estimate of drug-likeness (QED) is 0.462. The second-order valence-electron chi connectivity index (χ2n) is 9.30. The van der Waals surface area contributed by atoms with Gasteiger partial charge in [0.25, 0.3) is 11.5 Å². The number of carbonyl (C=O) groups is 1. The summed E-state index contributed by atoms with van der Waals surface area (Å²) in [6.45, 7) is 4.68. The molecule has 8 nitrogen and oxygen atoms in total. The lowest BCUT2D eigenvalue weighted by Crippen LogP contribution is -2.33. The smallest absolute Gasteiger partial charge is 0.294 e. The summed E-state index contributed by atoms with van der Waals surface area (Å²) in [6, 6.07) is 12.2. The van der Waals surface area contributed by atoms with Crippen molar-refractivity contribution in [3.05, 3.63) is 74.8 Å². The number of carbonyl (C=O) groups excluding carboxylic acids is 1.